The topological polar surface area (TPSA) is 168 Å². The number of nitrogens with zero attached hydrogens (tertiary/aromatic N) is 1. The molecule has 9 nitrogen and oxygen atoms in total. The van der Waals surface area contributed by atoms with Crippen LogP contribution in [-0.2, 0) is 9.13 Å². The predicted octanol–water partition coefficient (Wildman–Crippen LogP) is -0.313. The molecule has 0 aliphatic carbocycles. The predicted molar refractivity (Wildman–Crippen MR) is 63.3 cm³/mol. The lowest BCUT2D eigenvalue weighted by Gasteiger charge is -2.27. The van der Waals surface area contributed by atoms with E-state index in [4.69, 9.17) is 24.7 Å². The number of allylic oxidation sites excluding steroid dienone is 3. The highest BCUT2D eigenvalue weighted by Crippen LogP contribution is 2.67. The van der Waals surface area contributed by atoms with E-state index in [1.165, 1.54) is 6.08 Å². The van der Waals surface area contributed by atoms with Crippen molar-refractivity contribution in [2.75, 3.05) is 6.54 Å². The third kappa shape index (κ3) is 4.15. The van der Waals surface area contributed by atoms with E-state index >= 15 is 0 Å². The average Bonchev–Trinajstić information content (AvgIpc) is 2.14. The maximum absolute atomic E-state index is 10.9. The number of aliphatic hydroxyl groups excluding tert-OH is 1. The lowest BCUT2D eigenvalue weighted by atomic mass is 10.4. The molecule has 0 unspecified atom stereocenters. The van der Waals surface area contributed by atoms with Gasteiger partial charge < -0.3 is 29.8 Å². The first-order valence-electron chi connectivity index (χ1n) is 4.31. The molecule has 0 aromatic heterocycles. The molecule has 0 amide bonds. The number of hydrogen-bond donors (Lipinski definition) is 6. The van der Waals surface area contributed by atoms with Gasteiger partial charge in [-0.15, -0.1) is 0 Å². The molecule has 0 rings (SSSR count). The van der Waals surface area contributed by atoms with E-state index in [1.54, 1.807) is 0 Å². The van der Waals surface area contributed by atoms with Crippen molar-refractivity contribution in [3.63, 3.8) is 0 Å². The fourth-order valence-electron chi connectivity index (χ4n) is 0.779. The summed E-state index contributed by atoms with van der Waals surface area (Å²) in [5.74, 6) is -0.469. The van der Waals surface area contributed by atoms with E-state index in [-0.39, 0.29) is 0 Å². The highest BCUT2D eigenvalue weighted by atomic mass is 31.2. The Morgan fingerprint density at radius 2 is 1.67 bits per heavy atom. The highest BCUT2D eigenvalue weighted by molar-refractivity contribution is 7.72. The van der Waals surface area contributed by atoms with Crippen LogP contribution in [0.25, 0.3) is 0 Å². The van der Waals surface area contributed by atoms with Gasteiger partial charge in [-0.2, -0.15) is 0 Å². The molecule has 0 fully saturated rings. The van der Waals surface area contributed by atoms with Gasteiger partial charge >= 0.3 is 15.2 Å². The summed E-state index contributed by atoms with van der Waals surface area (Å²) in [6.45, 7) is 1.96. The molecular formula is C7H13NO8P2. The molecule has 0 aliphatic heterocycles. The van der Waals surface area contributed by atoms with Gasteiger partial charge in [-0.1, -0.05) is 12.7 Å². The van der Waals surface area contributed by atoms with Crippen molar-refractivity contribution in [2.24, 2.45) is 4.99 Å². The fraction of sp³-hybridized carbons (Fsp3) is 0.286. The number of aliphatic imine (C=N–C) groups is 1. The van der Waals surface area contributed by atoms with Gasteiger partial charge in [0.15, 0.2) is 0 Å². The maximum atomic E-state index is 10.9. The molecule has 0 saturated carbocycles. The minimum absolute atomic E-state index is 0.469. The van der Waals surface area contributed by atoms with Crippen molar-refractivity contribution in [3.05, 3.63) is 24.5 Å². The van der Waals surface area contributed by atoms with E-state index < -0.39 is 32.6 Å². The smallest absolute Gasteiger partial charge is 0.371 e. The summed E-state index contributed by atoms with van der Waals surface area (Å²) in [5.41, 5.74) is 0. The fourth-order valence-corrected chi connectivity index (χ4v) is 2.67. The Hall–Kier alpha value is -0.790. The summed E-state index contributed by atoms with van der Waals surface area (Å²) in [6, 6.07) is 0. The lowest BCUT2D eigenvalue weighted by Crippen LogP contribution is -2.32. The molecule has 18 heavy (non-hydrogen) atoms. The van der Waals surface area contributed by atoms with Gasteiger partial charge in [0, 0.05) is 0 Å². The van der Waals surface area contributed by atoms with Crippen LogP contribution < -0.4 is 0 Å². The van der Waals surface area contributed by atoms with Crippen LogP contribution in [0.1, 0.15) is 0 Å². The van der Waals surface area contributed by atoms with Gasteiger partial charge in [0.05, 0.1) is 12.8 Å². The van der Waals surface area contributed by atoms with Crippen molar-refractivity contribution in [1.29, 1.82) is 0 Å². The molecule has 0 atom stereocenters. The van der Waals surface area contributed by atoms with Gasteiger partial charge in [0.2, 0.25) is 0 Å². The third-order valence-corrected chi connectivity index (χ3v) is 5.46. The van der Waals surface area contributed by atoms with E-state index in [0.717, 1.165) is 6.08 Å². The second-order valence-electron chi connectivity index (χ2n) is 3.16. The number of rotatable bonds is 6. The Bertz CT molecular complexity index is 436. The van der Waals surface area contributed by atoms with Gasteiger partial charge in [-0.25, -0.2) is 0 Å². The summed E-state index contributed by atoms with van der Waals surface area (Å²) >= 11 is 0. The Labute approximate surface area is 102 Å². The van der Waals surface area contributed by atoms with Crippen LogP contribution in [-0.4, -0.2) is 47.6 Å². The van der Waals surface area contributed by atoms with Crippen molar-refractivity contribution in [3.8, 4) is 0 Å². The van der Waals surface area contributed by atoms with Crippen LogP contribution in [0.2, 0.25) is 0 Å². The Morgan fingerprint density at radius 1 is 1.22 bits per heavy atom. The Kier molecular flexibility index (Phi) is 5.64. The zero-order chi connectivity index (χ0) is 14.6. The van der Waals surface area contributed by atoms with Crippen LogP contribution in [0.15, 0.2) is 29.5 Å². The third-order valence-electron chi connectivity index (χ3n) is 1.75. The molecule has 0 aliphatic rings. The summed E-state index contributed by atoms with van der Waals surface area (Å²) < 4.78 is 21.8. The van der Waals surface area contributed by atoms with Crippen LogP contribution in [0.3, 0.4) is 0 Å². The van der Waals surface area contributed by atoms with Crippen molar-refractivity contribution in [1.82, 2.24) is 0 Å². The molecule has 0 heterocycles. The molecule has 0 aromatic carbocycles. The first-order valence-corrected chi connectivity index (χ1v) is 7.53. The molecule has 0 bridgehead atoms. The maximum Gasteiger partial charge on any atom is 0.371 e. The average molecular weight is 301 g/mol. The summed E-state index contributed by atoms with van der Waals surface area (Å²) in [4.78, 5) is 38.1. The highest BCUT2D eigenvalue weighted by Gasteiger charge is 2.59. The van der Waals surface area contributed by atoms with Crippen molar-refractivity contribution >= 4 is 21.4 Å². The minimum Gasteiger partial charge on any atom is -0.506 e. The normalized spacial score (nSPS) is 15.1. The molecule has 0 radical (unpaired) electrons. The first kappa shape index (κ1) is 17.2. The van der Waals surface area contributed by atoms with E-state index in [0.29, 0.717) is 6.21 Å². The van der Waals surface area contributed by atoms with Crippen LogP contribution in [0.4, 0.5) is 0 Å². The van der Waals surface area contributed by atoms with Gasteiger partial charge in [-0.05, 0) is 6.08 Å². The molecule has 104 valence electrons. The quantitative estimate of drug-likeness (QED) is 0.168. The lowest BCUT2D eigenvalue weighted by molar-refractivity contribution is 0.138. The monoisotopic (exact) mass is 301 g/mol. The van der Waals surface area contributed by atoms with E-state index in [2.05, 4.69) is 11.6 Å². The standard InChI is InChI=1S/C7H13NO8P2/c1-2-3-6(9)4-8-5-7(10,17(11,12)13)18(14,15)16/h2-4,9-10H,1,5H2,(H2,11,12,13)(H2,14,15,16)/b6-3+,8-4+. The summed E-state index contributed by atoms with van der Waals surface area (Å²) in [7, 11) is -11.1. The zero-order valence-corrected chi connectivity index (χ0v) is 10.8. The van der Waals surface area contributed by atoms with Crippen LogP contribution in [0.5, 0.6) is 0 Å². The summed E-state index contributed by atoms with van der Waals surface area (Å²) in [6.07, 6.45) is 2.91. The Morgan fingerprint density at radius 3 is 2.00 bits per heavy atom. The molecule has 6 N–H and O–H groups in total. The molecule has 11 heteroatoms. The Balaban J connectivity index is 5.22. The number of hydrogen-bond acceptors (Lipinski definition) is 5. The van der Waals surface area contributed by atoms with Crippen molar-refractivity contribution in [2.45, 2.75) is 5.08 Å². The SMILES string of the molecule is C=C/C=C(O)\C=N\CC(O)(P(=O)(O)O)P(=O)(O)O. The second-order valence-corrected chi connectivity index (χ2v) is 7.17. The van der Waals surface area contributed by atoms with Crippen molar-refractivity contribution < 1.29 is 38.9 Å². The molecule has 0 aromatic rings. The largest absolute Gasteiger partial charge is 0.506 e. The van der Waals surface area contributed by atoms with Crippen LogP contribution in [0, 0.1) is 0 Å². The molecule has 0 spiro atoms. The van der Waals surface area contributed by atoms with E-state index in [1.807, 2.05) is 0 Å². The zero-order valence-electron chi connectivity index (χ0n) is 8.99. The van der Waals surface area contributed by atoms with Gasteiger partial charge in [0.25, 0.3) is 5.08 Å². The molecular weight excluding hydrogens is 288 g/mol. The molecule has 0 saturated heterocycles. The van der Waals surface area contributed by atoms with E-state index in [9.17, 15) is 14.2 Å². The number of aliphatic hydroxyl groups is 2. The minimum atomic E-state index is -5.53. The van der Waals surface area contributed by atoms with Gasteiger partial charge in [0.1, 0.15) is 5.76 Å². The second kappa shape index (κ2) is 5.90. The first-order chi connectivity index (χ1) is 7.95. The van der Waals surface area contributed by atoms with Crippen LogP contribution >= 0.6 is 15.2 Å². The summed E-state index contributed by atoms with van der Waals surface area (Å²) in [5, 5.41) is 14.8. The van der Waals surface area contributed by atoms with Gasteiger partial charge in [-0.3, -0.25) is 14.1 Å².